The maximum Gasteiger partial charge on any atom is 0.256 e. The lowest BCUT2D eigenvalue weighted by Gasteiger charge is -2.14. The highest BCUT2D eigenvalue weighted by atomic mass is 19.1. The summed E-state index contributed by atoms with van der Waals surface area (Å²) in [6, 6.07) is 19.8. The number of nitrogens with one attached hydrogen (secondary N) is 1. The molecule has 0 radical (unpaired) electrons. The van der Waals surface area contributed by atoms with Gasteiger partial charge in [-0.15, -0.1) is 0 Å². The first-order valence-electron chi connectivity index (χ1n) is 9.44. The third-order valence-electron chi connectivity index (χ3n) is 4.85. The van der Waals surface area contributed by atoms with Crippen LogP contribution in [-0.2, 0) is 0 Å². The van der Waals surface area contributed by atoms with Crippen LogP contribution in [0, 0.1) is 5.82 Å². The van der Waals surface area contributed by atoms with Crippen molar-refractivity contribution in [2.75, 3.05) is 6.54 Å². The van der Waals surface area contributed by atoms with Gasteiger partial charge in [-0.25, -0.2) is 9.07 Å². The first kappa shape index (κ1) is 18.7. The third kappa shape index (κ3) is 3.96. The van der Waals surface area contributed by atoms with Crippen molar-refractivity contribution >= 4 is 5.91 Å². The van der Waals surface area contributed by atoms with Gasteiger partial charge >= 0.3 is 0 Å². The average Bonchev–Trinajstić information content (AvgIpc) is 3.42. The quantitative estimate of drug-likeness (QED) is 0.534. The Kier molecular flexibility index (Phi) is 5.24. The second kappa shape index (κ2) is 8.14. The molecule has 2 heterocycles. The number of benzene rings is 2. The summed E-state index contributed by atoms with van der Waals surface area (Å²) in [4.78, 5) is 13.0. The molecule has 29 heavy (non-hydrogen) atoms. The SMILES string of the molecule is C[C@H](CNC(=O)c1cnn(-c2ccc(F)cc2)c1-n1cccc1)c1ccccc1. The standard InChI is InChI=1S/C23H21FN4O/c1-17(18-7-3-2-4-8-18)15-25-22(29)21-16-26-28(20-11-9-19(24)10-12-20)23(21)27-13-5-6-14-27/h2-14,16-17H,15H2,1H3,(H,25,29)/t17-/m1/s1. The molecule has 0 saturated carbocycles. The number of nitrogens with zero attached hydrogens (tertiary/aromatic N) is 3. The lowest BCUT2D eigenvalue weighted by atomic mass is 10.0. The molecule has 1 amide bonds. The van der Waals surface area contributed by atoms with Gasteiger partial charge in [-0.2, -0.15) is 5.10 Å². The van der Waals surface area contributed by atoms with Crippen molar-refractivity contribution in [1.29, 1.82) is 0 Å². The van der Waals surface area contributed by atoms with Gasteiger partial charge in [0.15, 0.2) is 5.82 Å². The minimum atomic E-state index is -0.323. The van der Waals surface area contributed by atoms with E-state index in [2.05, 4.69) is 29.5 Å². The van der Waals surface area contributed by atoms with Crippen molar-refractivity contribution in [2.24, 2.45) is 0 Å². The minimum absolute atomic E-state index is 0.183. The smallest absolute Gasteiger partial charge is 0.256 e. The molecular weight excluding hydrogens is 367 g/mol. The fourth-order valence-electron chi connectivity index (χ4n) is 3.24. The van der Waals surface area contributed by atoms with Gasteiger partial charge in [-0.1, -0.05) is 37.3 Å². The lowest BCUT2D eigenvalue weighted by molar-refractivity contribution is 0.0951. The van der Waals surface area contributed by atoms with Gasteiger partial charge < -0.3 is 9.88 Å². The second-order valence-electron chi connectivity index (χ2n) is 6.88. The Morgan fingerprint density at radius 2 is 1.72 bits per heavy atom. The van der Waals surface area contributed by atoms with E-state index in [0.717, 1.165) is 0 Å². The number of carbonyl (C=O) groups excluding carboxylic acids is 1. The normalized spacial score (nSPS) is 11.9. The van der Waals surface area contributed by atoms with Crippen molar-refractivity contribution in [3.05, 3.63) is 102 Å². The van der Waals surface area contributed by atoms with Crippen LogP contribution in [-0.4, -0.2) is 26.8 Å². The molecule has 1 atom stereocenters. The van der Waals surface area contributed by atoms with E-state index in [0.29, 0.717) is 23.6 Å². The second-order valence-corrected chi connectivity index (χ2v) is 6.88. The van der Waals surface area contributed by atoms with Gasteiger partial charge in [0, 0.05) is 18.9 Å². The highest BCUT2D eigenvalue weighted by Gasteiger charge is 2.20. The third-order valence-corrected chi connectivity index (χ3v) is 4.85. The Balaban J connectivity index is 1.61. The summed E-state index contributed by atoms with van der Waals surface area (Å²) in [7, 11) is 0. The van der Waals surface area contributed by atoms with Crippen molar-refractivity contribution in [1.82, 2.24) is 19.7 Å². The van der Waals surface area contributed by atoms with Crippen LogP contribution in [0.5, 0.6) is 0 Å². The maximum absolute atomic E-state index is 13.3. The zero-order valence-corrected chi connectivity index (χ0v) is 16.0. The lowest BCUT2D eigenvalue weighted by Crippen LogP contribution is -2.28. The average molecular weight is 388 g/mol. The van der Waals surface area contributed by atoms with E-state index in [1.807, 2.05) is 47.3 Å². The molecule has 0 aliphatic carbocycles. The van der Waals surface area contributed by atoms with Crippen molar-refractivity contribution < 1.29 is 9.18 Å². The van der Waals surface area contributed by atoms with E-state index < -0.39 is 0 Å². The number of hydrogen-bond donors (Lipinski definition) is 1. The Hall–Kier alpha value is -3.67. The monoisotopic (exact) mass is 388 g/mol. The van der Waals surface area contributed by atoms with E-state index >= 15 is 0 Å². The van der Waals surface area contributed by atoms with Crippen LogP contribution in [0.25, 0.3) is 11.5 Å². The van der Waals surface area contributed by atoms with Gasteiger partial charge in [0.1, 0.15) is 11.4 Å². The van der Waals surface area contributed by atoms with Crippen LogP contribution in [0.2, 0.25) is 0 Å². The van der Waals surface area contributed by atoms with Gasteiger partial charge in [0.2, 0.25) is 0 Å². The molecule has 2 aromatic heterocycles. The number of rotatable bonds is 6. The van der Waals surface area contributed by atoms with Crippen LogP contribution in [0.15, 0.2) is 85.3 Å². The molecule has 0 bridgehead atoms. The summed E-state index contributed by atoms with van der Waals surface area (Å²) in [5.74, 6) is 0.259. The Morgan fingerprint density at radius 3 is 2.41 bits per heavy atom. The van der Waals surface area contributed by atoms with E-state index in [1.54, 1.807) is 23.0 Å². The largest absolute Gasteiger partial charge is 0.351 e. The number of amides is 1. The van der Waals surface area contributed by atoms with Crippen molar-refractivity contribution in [3.8, 4) is 11.5 Å². The molecule has 0 aliphatic heterocycles. The maximum atomic E-state index is 13.3. The van der Waals surface area contributed by atoms with Crippen LogP contribution >= 0.6 is 0 Å². The number of aromatic nitrogens is 3. The Labute approximate surface area is 168 Å². The van der Waals surface area contributed by atoms with Crippen LogP contribution in [0.1, 0.15) is 28.8 Å². The molecule has 0 spiro atoms. The molecule has 146 valence electrons. The first-order valence-corrected chi connectivity index (χ1v) is 9.44. The summed E-state index contributed by atoms with van der Waals surface area (Å²) in [6.45, 7) is 2.58. The van der Waals surface area contributed by atoms with Gasteiger partial charge in [-0.3, -0.25) is 4.79 Å². The highest BCUT2D eigenvalue weighted by molar-refractivity contribution is 5.97. The predicted molar refractivity (Wildman–Crippen MR) is 110 cm³/mol. The molecule has 4 aromatic rings. The molecule has 0 aliphatic rings. The summed E-state index contributed by atoms with van der Waals surface area (Å²) in [5.41, 5.74) is 2.29. The summed E-state index contributed by atoms with van der Waals surface area (Å²) < 4.78 is 16.8. The number of carbonyl (C=O) groups is 1. The van der Waals surface area contributed by atoms with Crippen molar-refractivity contribution in [2.45, 2.75) is 12.8 Å². The van der Waals surface area contributed by atoms with E-state index in [-0.39, 0.29) is 17.6 Å². The van der Waals surface area contributed by atoms with E-state index in [1.165, 1.54) is 17.7 Å². The fourth-order valence-corrected chi connectivity index (χ4v) is 3.24. The highest BCUT2D eigenvalue weighted by Crippen LogP contribution is 2.21. The zero-order chi connectivity index (χ0) is 20.2. The minimum Gasteiger partial charge on any atom is -0.351 e. The number of halogens is 1. The summed E-state index contributed by atoms with van der Waals surface area (Å²) in [6.07, 6.45) is 5.24. The number of hydrogen-bond acceptors (Lipinski definition) is 2. The molecular formula is C23H21FN4O. The molecule has 0 fully saturated rings. The summed E-state index contributed by atoms with van der Waals surface area (Å²) >= 11 is 0. The first-order chi connectivity index (χ1) is 14.1. The molecule has 0 unspecified atom stereocenters. The predicted octanol–water partition coefficient (Wildman–Crippen LogP) is 4.34. The zero-order valence-electron chi connectivity index (χ0n) is 16.0. The summed E-state index contributed by atoms with van der Waals surface area (Å²) in [5, 5.41) is 7.40. The van der Waals surface area contributed by atoms with E-state index in [9.17, 15) is 9.18 Å². The fraction of sp³-hybridized carbons (Fsp3) is 0.130. The van der Waals surface area contributed by atoms with Crippen LogP contribution in [0.3, 0.4) is 0 Å². The molecule has 1 N–H and O–H groups in total. The van der Waals surface area contributed by atoms with E-state index in [4.69, 9.17) is 0 Å². The Morgan fingerprint density at radius 1 is 1.03 bits per heavy atom. The van der Waals surface area contributed by atoms with Crippen LogP contribution in [0.4, 0.5) is 4.39 Å². The molecule has 0 saturated heterocycles. The van der Waals surface area contributed by atoms with Crippen LogP contribution < -0.4 is 5.32 Å². The van der Waals surface area contributed by atoms with Gasteiger partial charge in [0.25, 0.3) is 5.91 Å². The molecule has 4 rings (SSSR count). The van der Waals surface area contributed by atoms with Gasteiger partial charge in [-0.05, 0) is 47.9 Å². The molecule has 6 heteroatoms. The topological polar surface area (TPSA) is 51.9 Å². The Bertz CT molecular complexity index is 1090. The molecule has 5 nitrogen and oxygen atoms in total. The molecule has 2 aromatic carbocycles. The van der Waals surface area contributed by atoms with Crippen molar-refractivity contribution in [3.63, 3.8) is 0 Å². The van der Waals surface area contributed by atoms with Gasteiger partial charge in [0.05, 0.1) is 11.9 Å².